The van der Waals surface area contributed by atoms with Crippen LogP contribution >= 0.6 is 0 Å². The number of rotatable bonds is 4. The van der Waals surface area contributed by atoms with Gasteiger partial charge in [0, 0.05) is 6.54 Å². The lowest BCUT2D eigenvalue weighted by Gasteiger charge is -2.32. The quantitative estimate of drug-likeness (QED) is 0.912. The van der Waals surface area contributed by atoms with Crippen LogP contribution in [0.25, 0.3) is 0 Å². The van der Waals surface area contributed by atoms with Crippen LogP contribution in [-0.4, -0.2) is 41.1 Å². The summed E-state index contributed by atoms with van der Waals surface area (Å²) >= 11 is 0. The summed E-state index contributed by atoms with van der Waals surface area (Å²) in [7, 11) is 0. The summed E-state index contributed by atoms with van der Waals surface area (Å²) < 4.78 is 5.45. The van der Waals surface area contributed by atoms with Gasteiger partial charge >= 0.3 is 5.97 Å². The first kappa shape index (κ1) is 14.4. The van der Waals surface area contributed by atoms with Gasteiger partial charge in [0.1, 0.15) is 11.8 Å². The molecule has 1 unspecified atom stereocenters. The van der Waals surface area contributed by atoms with E-state index in [9.17, 15) is 9.59 Å². The standard InChI is InChI=1S/C15H19NO4/c1-11-5-4-6-12(9-11)20-10-14(17)16-8-3-2-7-13(16)15(18)19/h4-6,9,13H,2-3,7-8,10H2,1H3,(H,18,19). The van der Waals surface area contributed by atoms with E-state index in [-0.39, 0.29) is 12.5 Å². The number of likely N-dealkylation sites (tertiary alicyclic amines) is 1. The number of hydrogen-bond acceptors (Lipinski definition) is 3. The van der Waals surface area contributed by atoms with Gasteiger partial charge in [-0.2, -0.15) is 0 Å². The first-order chi connectivity index (χ1) is 9.58. The number of benzene rings is 1. The molecule has 1 atom stereocenters. The monoisotopic (exact) mass is 277 g/mol. The average molecular weight is 277 g/mol. The van der Waals surface area contributed by atoms with Crippen LogP contribution in [0.15, 0.2) is 24.3 Å². The molecule has 1 saturated heterocycles. The van der Waals surface area contributed by atoms with Gasteiger partial charge in [-0.05, 0) is 43.9 Å². The lowest BCUT2D eigenvalue weighted by atomic mass is 10.0. The highest BCUT2D eigenvalue weighted by Gasteiger charge is 2.31. The summed E-state index contributed by atoms with van der Waals surface area (Å²) in [5, 5.41) is 9.14. The first-order valence-corrected chi connectivity index (χ1v) is 6.79. The van der Waals surface area contributed by atoms with Crippen molar-refractivity contribution in [2.45, 2.75) is 32.2 Å². The lowest BCUT2D eigenvalue weighted by molar-refractivity contribution is -0.152. The van der Waals surface area contributed by atoms with E-state index in [0.717, 1.165) is 18.4 Å². The van der Waals surface area contributed by atoms with Gasteiger partial charge in [-0.15, -0.1) is 0 Å². The molecule has 0 saturated carbocycles. The fourth-order valence-corrected chi connectivity index (χ4v) is 2.42. The molecule has 1 fully saturated rings. The summed E-state index contributed by atoms with van der Waals surface area (Å²) in [6, 6.07) is 6.72. The number of aryl methyl sites for hydroxylation is 1. The molecular weight excluding hydrogens is 258 g/mol. The SMILES string of the molecule is Cc1cccc(OCC(=O)N2CCCCC2C(=O)O)c1. The minimum atomic E-state index is -0.936. The molecule has 5 nitrogen and oxygen atoms in total. The van der Waals surface area contributed by atoms with E-state index in [2.05, 4.69) is 0 Å². The number of amides is 1. The van der Waals surface area contributed by atoms with Gasteiger partial charge in [0.25, 0.3) is 5.91 Å². The minimum absolute atomic E-state index is 0.118. The molecule has 2 rings (SSSR count). The number of carboxylic acids is 1. The van der Waals surface area contributed by atoms with Crippen LogP contribution in [0.5, 0.6) is 5.75 Å². The Kier molecular flexibility index (Phi) is 4.61. The van der Waals surface area contributed by atoms with Crippen molar-refractivity contribution in [3.05, 3.63) is 29.8 Å². The van der Waals surface area contributed by atoms with Gasteiger partial charge < -0.3 is 14.7 Å². The molecule has 0 spiro atoms. The molecule has 1 aliphatic rings. The third-order valence-corrected chi connectivity index (χ3v) is 3.46. The normalized spacial score (nSPS) is 18.6. The number of hydrogen-bond donors (Lipinski definition) is 1. The second-order valence-corrected chi connectivity index (χ2v) is 5.04. The molecule has 0 bridgehead atoms. The van der Waals surface area contributed by atoms with E-state index < -0.39 is 12.0 Å². The molecule has 20 heavy (non-hydrogen) atoms. The number of carboxylic acid groups (broad SMARTS) is 1. The number of carbonyl (C=O) groups is 2. The highest BCUT2D eigenvalue weighted by molar-refractivity contribution is 5.84. The summed E-state index contributed by atoms with van der Waals surface area (Å²) in [5.41, 5.74) is 1.05. The van der Waals surface area contributed by atoms with Crippen LogP contribution in [0, 0.1) is 6.92 Å². The molecule has 1 amide bonds. The van der Waals surface area contributed by atoms with E-state index in [1.807, 2.05) is 25.1 Å². The van der Waals surface area contributed by atoms with E-state index in [1.54, 1.807) is 6.07 Å². The van der Waals surface area contributed by atoms with Gasteiger partial charge in [0.2, 0.25) is 0 Å². The van der Waals surface area contributed by atoms with Crippen LogP contribution < -0.4 is 4.74 Å². The Balaban J connectivity index is 1.95. The molecule has 1 aromatic rings. The Labute approximate surface area is 118 Å². The van der Waals surface area contributed by atoms with Gasteiger partial charge in [-0.25, -0.2) is 4.79 Å². The predicted molar refractivity (Wildman–Crippen MR) is 73.7 cm³/mol. The first-order valence-electron chi connectivity index (χ1n) is 6.79. The predicted octanol–water partition coefficient (Wildman–Crippen LogP) is 1.84. The van der Waals surface area contributed by atoms with E-state index in [4.69, 9.17) is 9.84 Å². The van der Waals surface area contributed by atoms with Crippen LogP contribution in [0.1, 0.15) is 24.8 Å². The van der Waals surface area contributed by atoms with Gasteiger partial charge in [-0.3, -0.25) is 4.79 Å². The number of ether oxygens (including phenoxy) is 1. The molecule has 1 aliphatic heterocycles. The Hall–Kier alpha value is -2.04. The maximum absolute atomic E-state index is 12.1. The molecule has 0 aromatic heterocycles. The Morgan fingerprint density at radius 3 is 2.90 bits per heavy atom. The molecule has 108 valence electrons. The van der Waals surface area contributed by atoms with Gasteiger partial charge in [0.15, 0.2) is 6.61 Å². The topological polar surface area (TPSA) is 66.8 Å². The van der Waals surface area contributed by atoms with Gasteiger partial charge in [0.05, 0.1) is 0 Å². The van der Waals surface area contributed by atoms with Crippen molar-refractivity contribution in [1.29, 1.82) is 0 Å². The Morgan fingerprint density at radius 2 is 2.20 bits per heavy atom. The van der Waals surface area contributed by atoms with Crippen molar-refractivity contribution in [2.24, 2.45) is 0 Å². The van der Waals surface area contributed by atoms with E-state index in [1.165, 1.54) is 4.90 Å². The lowest BCUT2D eigenvalue weighted by Crippen LogP contribution is -2.49. The van der Waals surface area contributed by atoms with Crippen LogP contribution in [0.3, 0.4) is 0 Å². The smallest absolute Gasteiger partial charge is 0.326 e. The number of carbonyl (C=O) groups excluding carboxylic acids is 1. The zero-order chi connectivity index (χ0) is 14.5. The van der Waals surface area contributed by atoms with Crippen molar-refractivity contribution in [3.8, 4) is 5.75 Å². The van der Waals surface area contributed by atoms with Crippen molar-refractivity contribution >= 4 is 11.9 Å². The maximum atomic E-state index is 12.1. The van der Waals surface area contributed by atoms with Crippen molar-refractivity contribution in [2.75, 3.05) is 13.2 Å². The second kappa shape index (κ2) is 6.41. The summed E-state index contributed by atoms with van der Waals surface area (Å²) in [6.45, 7) is 2.32. The summed E-state index contributed by atoms with van der Waals surface area (Å²) in [6.07, 6.45) is 2.21. The second-order valence-electron chi connectivity index (χ2n) is 5.04. The largest absolute Gasteiger partial charge is 0.484 e. The third-order valence-electron chi connectivity index (χ3n) is 3.46. The van der Waals surface area contributed by atoms with Crippen molar-refractivity contribution in [1.82, 2.24) is 4.90 Å². The molecule has 1 heterocycles. The number of nitrogens with zero attached hydrogens (tertiary/aromatic N) is 1. The van der Waals surface area contributed by atoms with Crippen LogP contribution in [0.2, 0.25) is 0 Å². The zero-order valence-electron chi connectivity index (χ0n) is 11.5. The third kappa shape index (κ3) is 3.50. The number of aliphatic carboxylic acids is 1. The molecule has 5 heteroatoms. The van der Waals surface area contributed by atoms with Gasteiger partial charge in [-0.1, -0.05) is 12.1 Å². The molecular formula is C15H19NO4. The highest BCUT2D eigenvalue weighted by atomic mass is 16.5. The Morgan fingerprint density at radius 1 is 1.40 bits per heavy atom. The van der Waals surface area contributed by atoms with Crippen LogP contribution in [-0.2, 0) is 9.59 Å². The van der Waals surface area contributed by atoms with E-state index in [0.29, 0.717) is 18.7 Å². The summed E-state index contributed by atoms with van der Waals surface area (Å²) in [5.74, 6) is -0.575. The van der Waals surface area contributed by atoms with E-state index >= 15 is 0 Å². The van der Waals surface area contributed by atoms with Crippen molar-refractivity contribution in [3.63, 3.8) is 0 Å². The fraction of sp³-hybridized carbons (Fsp3) is 0.467. The van der Waals surface area contributed by atoms with Crippen molar-refractivity contribution < 1.29 is 19.4 Å². The van der Waals surface area contributed by atoms with Crippen LogP contribution in [0.4, 0.5) is 0 Å². The number of piperidine rings is 1. The molecule has 1 N–H and O–H groups in total. The fourth-order valence-electron chi connectivity index (χ4n) is 2.42. The highest BCUT2D eigenvalue weighted by Crippen LogP contribution is 2.18. The average Bonchev–Trinajstić information content (AvgIpc) is 2.45. The molecule has 0 aliphatic carbocycles. The maximum Gasteiger partial charge on any atom is 0.326 e. The Bertz CT molecular complexity index is 500. The molecule has 1 aromatic carbocycles. The minimum Gasteiger partial charge on any atom is -0.484 e. The summed E-state index contributed by atoms with van der Waals surface area (Å²) in [4.78, 5) is 24.7. The molecule has 0 radical (unpaired) electrons. The zero-order valence-corrected chi connectivity index (χ0v) is 11.5.